The number of fused-ring (bicyclic) bond motifs is 1. The highest BCUT2D eigenvalue weighted by molar-refractivity contribution is 5.97. The van der Waals surface area contributed by atoms with Crippen molar-refractivity contribution in [1.82, 2.24) is 15.1 Å². The van der Waals surface area contributed by atoms with Gasteiger partial charge in [0.05, 0.1) is 37.8 Å². The Morgan fingerprint density at radius 1 is 0.917 bits per heavy atom. The average molecular weight is 660 g/mol. The molecule has 2 N–H and O–H groups in total. The van der Waals surface area contributed by atoms with E-state index in [9.17, 15) is 22.8 Å². The van der Waals surface area contributed by atoms with Gasteiger partial charge in [-0.1, -0.05) is 50.1 Å². The van der Waals surface area contributed by atoms with Gasteiger partial charge in [0.1, 0.15) is 17.2 Å². The number of carbonyl (C=O) groups excluding carboxylic acids is 1. The van der Waals surface area contributed by atoms with Crippen LogP contribution in [0.1, 0.15) is 60.1 Å². The van der Waals surface area contributed by atoms with Crippen molar-refractivity contribution in [2.45, 2.75) is 44.8 Å². The van der Waals surface area contributed by atoms with Crippen LogP contribution in [0.5, 0.6) is 11.5 Å². The molecule has 1 heterocycles. The summed E-state index contributed by atoms with van der Waals surface area (Å²) < 4.78 is 54.4. The number of nitrogens with zero attached hydrogens (tertiary/aromatic N) is 2. The summed E-state index contributed by atoms with van der Waals surface area (Å²) in [4.78, 5) is 23.5. The second-order valence-electron chi connectivity index (χ2n) is 11.3. The van der Waals surface area contributed by atoms with E-state index in [0.29, 0.717) is 28.8 Å². The van der Waals surface area contributed by atoms with Crippen LogP contribution < -0.4 is 14.8 Å². The van der Waals surface area contributed by atoms with Crippen LogP contribution in [-0.2, 0) is 11.0 Å². The predicted octanol–water partition coefficient (Wildman–Crippen LogP) is 8.39. The van der Waals surface area contributed by atoms with Crippen molar-refractivity contribution in [3.8, 4) is 33.9 Å². The minimum Gasteiger partial charge on any atom is -0.497 e. The Balaban J connectivity index is 1.67. The molecule has 0 aliphatic heterocycles. The molecule has 8 nitrogen and oxygen atoms in total. The van der Waals surface area contributed by atoms with Gasteiger partial charge >= 0.3 is 12.1 Å². The van der Waals surface area contributed by atoms with E-state index in [1.54, 1.807) is 19.2 Å². The fraction of sp³-hybridized carbons (Fsp3) is 0.270. The zero-order valence-corrected chi connectivity index (χ0v) is 26.8. The van der Waals surface area contributed by atoms with Gasteiger partial charge in [0.25, 0.3) is 5.91 Å². The van der Waals surface area contributed by atoms with Gasteiger partial charge in [-0.25, -0.2) is 0 Å². The number of carboxylic acids is 1. The number of alkyl halides is 3. The smallest absolute Gasteiger partial charge is 0.416 e. The first-order valence-electron chi connectivity index (χ1n) is 15.6. The van der Waals surface area contributed by atoms with E-state index in [2.05, 4.69) is 12.2 Å². The lowest BCUT2D eigenvalue weighted by atomic mass is 9.98. The molecule has 0 bridgehead atoms. The molecular weight excluding hydrogens is 623 g/mol. The van der Waals surface area contributed by atoms with E-state index in [-0.39, 0.29) is 36.2 Å². The van der Waals surface area contributed by atoms with Gasteiger partial charge in [-0.15, -0.1) is 0 Å². The molecule has 48 heavy (non-hydrogen) atoms. The molecule has 4 aromatic carbocycles. The van der Waals surface area contributed by atoms with Crippen molar-refractivity contribution in [1.29, 1.82) is 0 Å². The third kappa shape index (κ3) is 7.46. The van der Waals surface area contributed by atoms with E-state index in [1.165, 1.54) is 13.2 Å². The van der Waals surface area contributed by atoms with Crippen molar-refractivity contribution in [3.63, 3.8) is 0 Å². The summed E-state index contributed by atoms with van der Waals surface area (Å²) in [7, 11) is 3.01. The number of halogens is 3. The van der Waals surface area contributed by atoms with Gasteiger partial charge < -0.3 is 19.9 Å². The largest absolute Gasteiger partial charge is 0.497 e. The first-order chi connectivity index (χ1) is 23.0. The van der Waals surface area contributed by atoms with Crippen molar-refractivity contribution in [3.05, 3.63) is 102 Å². The lowest BCUT2D eigenvalue weighted by Gasteiger charge is -2.20. The topological polar surface area (TPSA) is 103 Å². The molecule has 0 saturated carbocycles. The molecule has 1 amide bonds. The Morgan fingerprint density at radius 3 is 2.25 bits per heavy atom. The standard InChI is InChI=1S/C37H36F3N3O5/c1-4-5-6-31(24-7-9-25(10-8-24)36(46)41-20-19-34(44)45)43-32-21-26(23-11-15-28(47-2)16-12-23)13-17-29(32)35(42-43)30-22-27(37(38,39)40)14-18-33(30)48-3/h7-18,21-22,31H,4-6,19-20H2,1-3H3,(H,41,46)(H,44,45). The Kier molecular flexibility index (Phi) is 10.4. The maximum atomic E-state index is 13.9. The number of hydrogen-bond acceptors (Lipinski definition) is 5. The van der Waals surface area contributed by atoms with Gasteiger partial charge in [0.15, 0.2) is 0 Å². The molecule has 0 fully saturated rings. The normalized spacial score (nSPS) is 12.1. The zero-order valence-electron chi connectivity index (χ0n) is 26.8. The summed E-state index contributed by atoms with van der Waals surface area (Å²) in [5, 5.41) is 17.2. The van der Waals surface area contributed by atoms with E-state index in [4.69, 9.17) is 19.7 Å². The third-order valence-electron chi connectivity index (χ3n) is 8.22. The molecule has 0 aliphatic rings. The van der Waals surface area contributed by atoms with Crippen molar-refractivity contribution >= 4 is 22.8 Å². The van der Waals surface area contributed by atoms with E-state index in [0.717, 1.165) is 47.2 Å². The van der Waals surface area contributed by atoms with Crippen LogP contribution in [-0.4, -0.2) is 47.5 Å². The summed E-state index contributed by atoms with van der Waals surface area (Å²) in [6.45, 7) is 2.08. The summed E-state index contributed by atoms with van der Waals surface area (Å²) in [5.41, 5.74) is 3.52. The van der Waals surface area contributed by atoms with Crippen LogP contribution in [0.2, 0.25) is 0 Å². The summed E-state index contributed by atoms with van der Waals surface area (Å²) in [6, 6.07) is 23.4. The molecule has 0 radical (unpaired) electrons. The fourth-order valence-corrected chi connectivity index (χ4v) is 5.68. The molecule has 0 aliphatic carbocycles. The highest BCUT2D eigenvalue weighted by atomic mass is 19.4. The highest BCUT2D eigenvalue weighted by Gasteiger charge is 2.32. The van der Waals surface area contributed by atoms with Gasteiger partial charge in [0.2, 0.25) is 0 Å². The van der Waals surface area contributed by atoms with Crippen LogP contribution in [0.3, 0.4) is 0 Å². The number of benzene rings is 4. The number of nitrogens with one attached hydrogen (secondary N) is 1. The Bertz CT molecular complexity index is 1900. The molecule has 1 unspecified atom stereocenters. The summed E-state index contributed by atoms with van der Waals surface area (Å²) in [6.07, 6.45) is -2.35. The van der Waals surface area contributed by atoms with Crippen LogP contribution in [0, 0.1) is 0 Å². The van der Waals surface area contributed by atoms with Gasteiger partial charge in [-0.2, -0.15) is 18.3 Å². The lowest BCUT2D eigenvalue weighted by Crippen LogP contribution is -2.26. The molecule has 1 atom stereocenters. The molecular formula is C37H36F3N3O5. The molecule has 0 saturated heterocycles. The Labute approximate surface area is 276 Å². The number of amides is 1. The number of aromatic nitrogens is 2. The zero-order chi connectivity index (χ0) is 34.4. The number of unbranched alkanes of at least 4 members (excludes halogenated alkanes) is 1. The molecule has 5 aromatic rings. The minimum absolute atomic E-state index is 0.00657. The first kappa shape index (κ1) is 34.0. The average Bonchev–Trinajstić information content (AvgIpc) is 3.46. The van der Waals surface area contributed by atoms with E-state index >= 15 is 0 Å². The molecule has 250 valence electrons. The minimum atomic E-state index is -4.56. The monoisotopic (exact) mass is 659 g/mol. The van der Waals surface area contributed by atoms with Gasteiger partial charge in [-0.05, 0) is 77.7 Å². The van der Waals surface area contributed by atoms with Crippen LogP contribution in [0.25, 0.3) is 33.3 Å². The number of aliphatic carboxylic acids is 1. The number of hydrogen-bond donors (Lipinski definition) is 2. The number of ether oxygens (including phenoxy) is 2. The number of rotatable bonds is 13. The number of methoxy groups -OCH3 is 2. The molecule has 0 spiro atoms. The quantitative estimate of drug-likeness (QED) is 0.132. The van der Waals surface area contributed by atoms with Crippen LogP contribution in [0.4, 0.5) is 13.2 Å². The second kappa shape index (κ2) is 14.6. The van der Waals surface area contributed by atoms with Crippen LogP contribution >= 0.6 is 0 Å². The highest BCUT2D eigenvalue weighted by Crippen LogP contribution is 2.42. The first-order valence-corrected chi connectivity index (χ1v) is 15.6. The maximum Gasteiger partial charge on any atom is 0.416 e. The summed E-state index contributed by atoms with van der Waals surface area (Å²) >= 11 is 0. The van der Waals surface area contributed by atoms with Gasteiger partial charge in [-0.3, -0.25) is 14.3 Å². The van der Waals surface area contributed by atoms with Crippen LogP contribution in [0.15, 0.2) is 84.9 Å². The predicted molar refractivity (Wildman–Crippen MR) is 177 cm³/mol. The second-order valence-corrected chi connectivity index (χ2v) is 11.3. The number of carbonyl (C=O) groups is 2. The molecule has 5 rings (SSSR count). The van der Waals surface area contributed by atoms with E-state index in [1.807, 2.05) is 59.3 Å². The Hall–Kier alpha value is -5.32. The van der Waals surface area contributed by atoms with Crippen molar-refractivity contribution < 1.29 is 37.3 Å². The van der Waals surface area contributed by atoms with Gasteiger partial charge in [0, 0.05) is 23.1 Å². The van der Waals surface area contributed by atoms with Crippen molar-refractivity contribution in [2.24, 2.45) is 0 Å². The van der Waals surface area contributed by atoms with E-state index < -0.39 is 17.7 Å². The fourth-order valence-electron chi connectivity index (χ4n) is 5.68. The van der Waals surface area contributed by atoms with Crippen molar-refractivity contribution in [2.75, 3.05) is 20.8 Å². The SMILES string of the molecule is CCCCC(c1ccc(C(=O)NCCC(=O)O)cc1)n1nc(-c2cc(C(F)(F)F)ccc2OC)c2ccc(-c3ccc(OC)cc3)cc21. The molecule has 1 aromatic heterocycles. The summed E-state index contributed by atoms with van der Waals surface area (Å²) in [5.74, 6) is -0.423. The number of carboxylic acid groups (broad SMARTS) is 1. The Morgan fingerprint density at radius 2 is 1.62 bits per heavy atom. The molecule has 11 heteroatoms. The lowest BCUT2D eigenvalue weighted by molar-refractivity contribution is -0.138. The maximum absolute atomic E-state index is 13.9. The third-order valence-corrected chi connectivity index (χ3v) is 8.22.